The van der Waals surface area contributed by atoms with E-state index in [1.807, 2.05) is 60.7 Å². The summed E-state index contributed by atoms with van der Waals surface area (Å²) in [5, 5.41) is 4.69. The number of para-hydroxylation sites is 2. The van der Waals surface area contributed by atoms with E-state index in [1.165, 1.54) is 0 Å². The summed E-state index contributed by atoms with van der Waals surface area (Å²) in [6.45, 7) is 0.589. The quantitative estimate of drug-likeness (QED) is 0.477. The Hall–Kier alpha value is -3.51. The number of hydrogen-bond acceptors (Lipinski definition) is 5. The number of amides is 1. The van der Waals surface area contributed by atoms with Crippen LogP contribution in [0.1, 0.15) is 11.1 Å². The van der Waals surface area contributed by atoms with Gasteiger partial charge in [0.05, 0.1) is 6.21 Å². The van der Waals surface area contributed by atoms with Gasteiger partial charge in [-0.05, 0) is 59.7 Å². The van der Waals surface area contributed by atoms with E-state index >= 15 is 0 Å². The van der Waals surface area contributed by atoms with Crippen LogP contribution in [0.25, 0.3) is 0 Å². The number of rotatable bonds is 6. The van der Waals surface area contributed by atoms with Crippen molar-refractivity contribution in [2.75, 3.05) is 6.61 Å². The molecule has 0 saturated heterocycles. The summed E-state index contributed by atoms with van der Waals surface area (Å²) >= 11 is 5.88. The monoisotopic (exact) mass is 422 g/mol. The maximum atomic E-state index is 12.2. The van der Waals surface area contributed by atoms with E-state index in [1.54, 1.807) is 18.3 Å². The average Bonchev–Trinajstić information content (AvgIpc) is 2.79. The fourth-order valence-electron chi connectivity index (χ4n) is 2.79. The minimum atomic E-state index is -0.749. The number of benzene rings is 3. The third-order valence-electron chi connectivity index (χ3n) is 4.39. The molecule has 4 rings (SSSR count). The van der Waals surface area contributed by atoms with Crippen LogP contribution in [0.4, 0.5) is 0 Å². The number of fused-ring (bicyclic) bond motifs is 1. The average molecular weight is 423 g/mol. The predicted octanol–water partition coefficient (Wildman–Crippen LogP) is 4.21. The molecule has 1 heterocycles. The van der Waals surface area contributed by atoms with Crippen LogP contribution >= 0.6 is 11.6 Å². The Kier molecular flexibility index (Phi) is 6.15. The van der Waals surface area contributed by atoms with Gasteiger partial charge in [0.15, 0.2) is 11.5 Å². The molecule has 1 aliphatic rings. The van der Waals surface area contributed by atoms with Gasteiger partial charge in [-0.25, -0.2) is 5.43 Å². The first-order valence-electron chi connectivity index (χ1n) is 9.36. The molecule has 0 spiro atoms. The number of hydrazone groups is 1. The highest BCUT2D eigenvalue weighted by Gasteiger charge is 2.26. The fraction of sp³-hybridized carbons (Fsp3) is 0.130. The van der Waals surface area contributed by atoms with Crippen LogP contribution in [0.15, 0.2) is 77.9 Å². The first-order chi connectivity index (χ1) is 14.7. The van der Waals surface area contributed by atoms with Crippen molar-refractivity contribution in [1.29, 1.82) is 0 Å². The highest BCUT2D eigenvalue weighted by molar-refractivity contribution is 6.30. The summed E-state index contributed by atoms with van der Waals surface area (Å²) in [6.07, 6.45) is 0.805. The standard InChI is InChI=1S/C23H19ClN2O4/c24-18-9-5-17(6-10-18)14-28-19-11-7-16(8-12-19)13-25-26-23(27)22-15-29-20-3-1-2-4-21(20)30-22/h1-13,22H,14-15H2,(H,26,27)/b25-13-/t22-/m1/s1. The maximum Gasteiger partial charge on any atom is 0.284 e. The normalized spacial score (nSPS) is 15.0. The molecular formula is C23H19ClN2O4. The van der Waals surface area contributed by atoms with Gasteiger partial charge in [-0.15, -0.1) is 0 Å². The Labute approximate surface area is 179 Å². The van der Waals surface area contributed by atoms with Crippen LogP contribution in [0.2, 0.25) is 5.02 Å². The van der Waals surface area contributed by atoms with Crippen molar-refractivity contribution in [2.24, 2.45) is 5.10 Å². The van der Waals surface area contributed by atoms with Gasteiger partial charge in [0.2, 0.25) is 6.10 Å². The summed E-state index contributed by atoms with van der Waals surface area (Å²) in [7, 11) is 0. The topological polar surface area (TPSA) is 69.2 Å². The van der Waals surface area contributed by atoms with E-state index < -0.39 is 6.10 Å². The number of hydrogen-bond donors (Lipinski definition) is 1. The molecule has 152 valence electrons. The minimum absolute atomic E-state index is 0.137. The van der Waals surface area contributed by atoms with Crippen molar-refractivity contribution in [1.82, 2.24) is 5.43 Å². The van der Waals surface area contributed by atoms with Crippen molar-refractivity contribution < 1.29 is 19.0 Å². The van der Waals surface area contributed by atoms with Crippen LogP contribution in [-0.4, -0.2) is 24.8 Å². The molecule has 0 fully saturated rings. The molecule has 0 unspecified atom stereocenters. The van der Waals surface area contributed by atoms with E-state index in [4.69, 9.17) is 25.8 Å². The third-order valence-corrected chi connectivity index (χ3v) is 4.64. The van der Waals surface area contributed by atoms with Crippen LogP contribution < -0.4 is 19.6 Å². The van der Waals surface area contributed by atoms with Gasteiger partial charge >= 0.3 is 0 Å². The number of ether oxygens (including phenoxy) is 3. The number of halogens is 1. The largest absolute Gasteiger partial charge is 0.489 e. The zero-order valence-electron chi connectivity index (χ0n) is 16.0. The van der Waals surface area contributed by atoms with Crippen molar-refractivity contribution in [3.05, 3.63) is 88.9 Å². The molecule has 30 heavy (non-hydrogen) atoms. The lowest BCUT2D eigenvalue weighted by atomic mass is 10.2. The van der Waals surface area contributed by atoms with Crippen molar-refractivity contribution >= 4 is 23.7 Å². The van der Waals surface area contributed by atoms with Gasteiger partial charge in [0, 0.05) is 5.02 Å². The van der Waals surface area contributed by atoms with Gasteiger partial charge in [-0.1, -0.05) is 35.9 Å². The van der Waals surface area contributed by atoms with Crippen molar-refractivity contribution in [3.63, 3.8) is 0 Å². The van der Waals surface area contributed by atoms with E-state index in [9.17, 15) is 4.79 Å². The molecule has 0 saturated carbocycles. The molecule has 3 aromatic carbocycles. The summed E-state index contributed by atoms with van der Waals surface area (Å²) < 4.78 is 16.9. The molecule has 1 amide bonds. The maximum absolute atomic E-state index is 12.2. The second-order valence-corrected chi connectivity index (χ2v) is 7.02. The van der Waals surface area contributed by atoms with Gasteiger partial charge in [-0.3, -0.25) is 4.79 Å². The Balaban J connectivity index is 1.26. The Bertz CT molecular complexity index is 1040. The molecular weight excluding hydrogens is 404 g/mol. The van der Waals surface area contributed by atoms with Crippen LogP contribution in [0, 0.1) is 0 Å². The smallest absolute Gasteiger partial charge is 0.284 e. The molecule has 0 aliphatic carbocycles. The molecule has 1 N–H and O–H groups in total. The van der Waals surface area contributed by atoms with Gasteiger partial charge in [0.25, 0.3) is 5.91 Å². The Morgan fingerprint density at radius 1 is 1.07 bits per heavy atom. The van der Waals surface area contributed by atoms with Crippen LogP contribution in [0.3, 0.4) is 0 Å². The lowest BCUT2D eigenvalue weighted by Gasteiger charge is -2.24. The predicted molar refractivity (Wildman–Crippen MR) is 114 cm³/mol. The van der Waals surface area contributed by atoms with E-state index in [-0.39, 0.29) is 12.5 Å². The molecule has 0 bridgehead atoms. The van der Waals surface area contributed by atoms with Crippen LogP contribution in [-0.2, 0) is 11.4 Å². The van der Waals surface area contributed by atoms with Gasteiger partial charge in [0.1, 0.15) is 19.0 Å². The second-order valence-electron chi connectivity index (χ2n) is 6.58. The van der Waals surface area contributed by atoms with E-state index in [2.05, 4.69) is 10.5 Å². The number of carbonyl (C=O) groups excluding carboxylic acids is 1. The SMILES string of the molecule is O=C(N/N=C\c1ccc(OCc2ccc(Cl)cc2)cc1)[C@H]1COc2ccccc2O1. The highest BCUT2D eigenvalue weighted by Crippen LogP contribution is 2.30. The molecule has 0 aromatic heterocycles. The molecule has 0 radical (unpaired) electrons. The van der Waals surface area contributed by atoms with Gasteiger partial charge < -0.3 is 14.2 Å². The second kappa shape index (κ2) is 9.33. The van der Waals surface area contributed by atoms with Crippen molar-refractivity contribution in [2.45, 2.75) is 12.7 Å². The number of carbonyl (C=O) groups is 1. The number of nitrogens with one attached hydrogen (secondary N) is 1. The Morgan fingerprint density at radius 3 is 2.57 bits per heavy atom. The summed E-state index contributed by atoms with van der Waals surface area (Å²) in [4.78, 5) is 12.2. The summed E-state index contributed by atoms with van der Waals surface area (Å²) in [5.74, 6) is 1.53. The zero-order valence-corrected chi connectivity index (χ0v) is 16.7. The first-order valence-corrected chi connectivity index (χ1v) is 9.74. The van der Waals surface area contributed by atoms with Crippen molar-refractivity contribution in [3.8, 4) is 17.2 Å². The molecule has 1 atom stereocenters. The Morgan fingerprint density at radius 2 is 1.80 bits per heavy atom. The lowest BCUT2D eigenvalue weighted by Crippen LogP contribution is -2.42. The minimum Gasteiger partial charge on any atom is -0.489 e. The highest BCUT2D eigenvalue weighted by atomic mass is 35.5. The summed E-state index contributed by atoms with van der Waals surface area (Å²) in [6, 6.07) is 22.1. The molecule has 6 nitrogen and oxygen atoms in total. The third kappa shape index (κ3) is 5.10. The van der Waals surface area contributed by atoms with E-state index in [0.29, 0.717) is 23.1 Å². The fourth-order valence-corrected chi connectivity index (χ4v) is 2.91. The van der Waals surface area contributed by atoms with Crippen LogP contribution in [0.5, 0.6) is 17.2 Å². The van der Waals surface area contributed by atoms with Gasteiger partial charge in [-0.2, -0.15) is 5.10 Å². The molecule has 3 aromatic rings. The first kappa shape index (κ1) is 19.8. The molecule has 1 aliphatic heterocycles. The lowest BCUT2D eigenvalue weighted by molar-refractivity contribution is -0.130. The summed E-state index contributed by atoms with van der Waals surface area (Å²) in [5.41, 5.74) is 4.33. The number of nitrogens with zero attached hydrogens (tertiary/aromatic N) is 1. The zero-order chi connectivity index (χ0) is 20.8. The molecule has 7 heteroatoms. The van der Waals surface area contributed by atoms with E-state index in [0.717, 1.165) is 16.9 Å².